The van der Waals surface area contributed by atoms with Crippen molar-refractivity contribution in [3.05, 3.63) is 26.4 Å². The first-order valence-electron chi connectivity index (χ1n) is 4.87. The normalized spacial score (nSPS) is 19.0. The van der Waals surface area contributed by atoms with Crippen LogP contribution in [0.15, 0.2) is 4.79 Å². The first-order valence-corrected chi connectivity index (χ1v) is 5.27. The van der Waals surface area contributed by atoms with E-state index >= 15 is 0 Å². The molecule has 0 fully saturated rings. The van der Waals surface area contributed by atoms with Crippen LogP contribution in [0.3, 0.4) is 0 Å². The molecule has 0 unspecified atom stereocenters. The molecule has 1 heterocycles. The third kappa shape index (κ3) is 1.43. The molecule has 1 aliphatic carbocycles. The number of H-pyrrole nitrogens is 2. The van der Waals surface area contributed by atoms with Gasteiger partial charge in [0, 0.05) is 16.7 Å². The van der Waals surface area contributed by atoms with Crippen LogP contribution in [0.25, 0.3) is 0 Å². The fourth-order valence-electron chi connectivity index (χ4n) is 2.16. The average molecular weight is 210 g/mol. The predicted octanol–water partition coefficient (Wildman–Crippen LogP) is 2.05. The van der Waals surface area contributed by atoms with Gasteiger partial charge in [0.15, 0.2) is 4.77 Å². The molecule has 4 heteroatoms. The number of nitrogens with one attached hydrogen (secondary N) is 2. The van der Waals surface area contributed by atoms with Crippen LogP contribution in [0.1, 0.15) is 37.9 Å². The Morgan fingerprint density at radius 2 is 2.07 bits per heavy atom. The van der Waals surface area contributed by atoms with Crippen molar-refractivity contribution < 1.29 is 0 Å². The fourth-order valence-corrected chi connectivity index (χ4v) is 2.36. The van der Waals surface area contributed by atoms with Crippen LogP contribution in [-0.2, 0) is 11.8 Å². The summed E-state index contributed by atoms with van der Waals surface area (Å²) >= 11 is 4.98. The van der Waals surface area contributed by atoms with Crippen molar-refractivity contribution in [2.45, 2.75) is 38.5 Å². The molecule has 2 rings (SSSR count). The van der Waals surface area contributed by atoms with Crippen molar-refractivity contribution in [1.82, 2.24) is 9.97 Å². The van der Waals surface area contributed by atoms with E-state index in [-0.39, 0.29) is 11.0 Å². The summed E-state index contributed by atoms with van der Waals surface area (Å²) in [7, 11) is 0. The van der Waals surface area contributed by atoms with Gasteiger partial charge in [-0.1, -0.05) is 13.8 Å². The molecule has 1 aliphatic rings. The monoisotopic (exact) mass is 210 g/mol. The molecular formula is C10H14N2OS. The lowest BCUT2D eigenvalue weighted by molar-refractivity contribution is 0.414. The third-order valence-electron chi connectivity index (χ3n) is 2.95. The minimum Gasteiger partial charge on any atom is -0.335 e. The first kappa shape index (κ1) is 9.65. The largest absolute Gasteiger partial charge is 0.335 e. The van der Waals surface area contributed by atoms with Gasteiger partial charge in [0.25, 0.3) is 5.56 Å². The zero-order valence-corrected chi connectivity index (χ0v) is 9.25. The van der Waals surface area contributed by atoms with Gasteiger partial charge in [-0.05, 0) is 31.5 Å². The lowest BCUT2D eigenvalue weighted by Crippen LogP contribution is -2.31. The van der Waals surface area contributed by atoms with Crippen molar-refractivity contribution in [2.24, 2.45) is 0 Å². The molecular weight excluding hydrogens is 196 g/mol. The Hall–Kier alpha value is -0.900. The molecule has 0 aromatic carbocycles. The number of hydrogen-bond donors (Lipinski definition) is 2. The highest BCUT2D eigenvalue weighted by Crippen LogP contribution is 2.33. The van der Waals surface area contributed by atoms with Gasteiger partial charge in [-0.15, -0.1) is 0 Å². The molecule has 76 valence electrons. The molecule has 2 N–H and O–H groups in total. The van der Waals surface area contributed by atoms with Gasteiger partial charge in [-0.3, -0.25) is 9.78 Å². The summed E-state index contributed by atoms with van der Waals surface area (Å²) in [5, 5.41) is 0. The second kappa shape index (κ2) is 3.05. The minimum absolute atomic E-state index is 0.0171. The molecule has 0 amide bonds. The van der Waals surface area contributed by atoms with Crippen LogP contribution in [-0.4, -0.2) is 9.97 Å². The lowest BCUT2D eigenvalue weighted by atomic mass is 9.76. The zero-order valence-electron chi connectivity index (χ0n) is 8.44. The molecule has 0 atom stereocenters. The van der Waals surface area contributed by atoms with Gasteiger partial charge in [-0.25, -0.2) is 0 Å². The molecule has 1 aromatic rings. The molecule has 0 saturated carbocycles. The Bertz CT molecular complexity index is 470. The highest BCUT2D eigenvalue weighted by Gasteiger charge is 2.29. The summed E-state index contributed by atoms with van der Waals surface area (Å²) in [6.45, 7) is 4.30. The molecule has 0 spiro atoms. The second-order valence-corrected chi connectivity index (χ2v) is 4.91. The van der Waals surface area contributed by atoms with Crippen LogP contribution in [0.4, 0.5) is 0 Å². The van der Waals surface area contributed by atoms with Gasteiger partial charge in [-0.2, -0.15) is 0 Å². The summed E-state index contributed by atoms with van der Waals surface area (Å²) < 4.78 is 0.434. The number of hydrogen-bond acceptors (Lipinski definition) is 2. The van der Waals surface area contributed by atoms with Crippen molar-refractivity contribution in [2.75, 3.05) is 0 Å². The number of rotatable bonds is 0. The molecule has 0 saturated heterocycles. The summed E-state index contributed by atoms with van der Waals surface area (Å²) in [5.74, 6) is 0. The highest BCUT2D eigenvalue weighted by atomic mass is 32.1. The summed E-state index contributed by atoms with van der Waals surface area (Å²) in [6, 6.07) is 0. The van der Waals surface area contributed by atoms with Crippen LogP contribution in [0, 0.1) is 4.77 Å². The molecule has 14 heavy (non-hydrogen) atoms. The Morgan fingerprint density at radius 1 is 1.36 bits per heavy atom. The van der Waals surface area contributed by atoms with Gasteiger partial charge in [0.05, 0.1) is 0 Å². The fraction of sp³-hybridized carbons (Fsp3) is 0.600. The van der Waals surface area contributed by atoms with Crippen LogP contribution < -0.4 is 5.56 Å². The zero-order chi connectivity index (χ0) is 10.3. The van der Waals surface area contributed by atoms with E-state index < -0.39 is 0 Å². The molecule has 0 aliphatic heterocycles. The van der Waals surface area contributed by atoms with E-state index in [0.717, 1.165) is 30.5 Å². The van der Waals surface area contributed by atoms with Crippen LogP contribution >= 0.6 is 12.2 Å². The van der Waals surface area contributed by atoms with Gasteiger partial charge in [0.2, 0.25) is 0 Å². The molecule has 0 bridgehead atoms. The van der Waals surface area contributed by atoms with E-state index in [2.05, 4.69) is 23.8 Å². The van der Waals surface area contributed by atoms with Gasteiger partial charge < -0.3 is 4.98 Å². The Labute approximate surface area is 87.6 Å². The van der Waals surface area contributed by atoms with E-state index in [1.165, 1.54) is 0 Å². The summed E-state index contributed by atoms with van der Waals surface area (Å²) in [4.78, 5) is 17.4. The lowest BCUT2D eigenvalue weighted by Gasteiger charge is -2.30. The van der Waals surface area contributed by atoms with E-state index in [4.69, 9.17) is 12.2 Å². The minimum atomic E-state index is -0.0171. The summed E-state index contributed by atoms with van der Waals surface area (Å²) in [5.41, 5.74) is 1.94. The van der Waals surface area contributed by atoms with E-state index in [0.29, 0.717) is 4.77 Å². The molecule has 3 nitrogen and oxygen atoms in total. The van der Waals surface area contributed by atoms with Gasteiger partial charge in [0.1, 0.15) is 0 Å². The predicted molar refractivity (Wildman–Crippen MR) is 58.2 cm³/mol. The first-order chi connectivity index (χ1) is 6.50. The maximum absolute atomic E-state index is 11.6. The van der Waals surface area contributed by atoms with Gasteiger partial charge >= 0.3 is 0 Å². The number of fused-ring (bicyclic) bond motifs is 1. The average Bonchev–Trinajstić information content (AvgIpc) is 2.06. The Balaban J connectivity index is 2.76. The quantitative estimate of drug-likeness (QED) is 0.644. The van der Waals surface area contributed by atoms with E-state index in [9.17, 15) is 4.79 Å². The topological polar surface area (TPSA) is 48.6 Å². The van der Waals surface area contributed by atoms with Crippen molar-refractivity contribution in [3.8, 4) is 0 Å². The Kier molecular flexibility index (Phi) is 2.10. The number of aromatic nitrogens is 2. The number of aromatic amines is 2. The third-order valence-corrected chi connectivity index (χ3v) is 3.15. The Morgan fingerprint density at radius 3 is 2.79 bits per heavy atom. The maximum atomic E-state index is 11.6. The second-order valence-electron chi connectivity index (χ2n) is 4.50. The SMILES string of the molecule is CC1(C)CCCc2c1[nH]c(=S)[nH]c2=O. The van der Waals surface area contributed by atoms with Crippen LogP contribution in [0.5, 0.6) is 0 Å². The maximum Gasteiger partial charge on any atom is 0.255 e. The van der Waals surface area contributed by atoms with Crippen molar-refractivity contribution in [3.63, 3.8) is 0 Å². The van der Waals surface area contributed by atoms with E-state index in [1.807, 2.05) is 0 Å². The summed E-state index contributed by atoms with van der Waals surface area (Å²) in [6.07, 6.45) is 3.04. The van der Waals surface area contributed by atoms with Crippen molar-refractivity contribution in [1.29, 1.82) is 0 Å². The molecule has 0 radical (unpaired) electrons. The van der Waals surface area contributed by atoms with Crippen LogP contribution in [0.2, 0.25) is 0 Å². The standard InChI is InChI=1S/C10H14N2OS/c1-10(2)5-3-4-6-7(10)11-9(14)12-8(6)13/h3-5H2,1-2H3,(H2,11,12,13,14). The van der Waals surface area contributed by atoms with Crippen molar-refractivity contribution >= 4 is 12.2 Å². The smallest absolute Gasteiger partial charge is 0.255 e. The highest BCUT2D eigenvalue weighted by molar-refractivity contribution is 7.71. The molecule has 1 aromatic heterocycles. The van der Waals surface area contributed by atoms with E-state index in [1.54, 1.807) is 0 Å².